The van der Waals surface area contributed by atoms with Crippen molar-refractivity contribution in [3.8, 4) is 0 Å². The predicted molar refractivity (Wildman–Crippen MR) is 79.7 cm³/mol. The van der Waals surface area contributed by atoms with Crippen molar-refractivity contribution >= 4 is 46.5 Å². The van der Waals surface area contributed by atoms with Crippen molar-refractivity contribution < 1.29 is 9.53 Å². The first kappa shape index (κ1) is 17.7. The number of ether oxygens (including phenoxy) is 1. The number of anilines is 1. The van der Waals surface area contributed by atoms with Crippen molar-refractivity contribution in [3.63, 3.8) is 0 Å². The van der Waals surface area contributed by atoms with Gasteiger partial charge in [0, 0.05) is 12.5 Å². The molecule has 1 rings (SSSR count). The number of hydrogen-bond acceptors (Lipinski definition) is 6. The van der Waals surface area contributed by atoms with Crippen LogP contribution in [0.4, 0.5) is 5.13 Å². The van der Waals surface area contributed by atoms with Crippen LogP contribution in [-0.2, 0) is 16.1 Å². The van der Waals surface area contributed by atoms with E-state index >= 15 is 0 Å². The van der Waals surface area contributed by atoms with E-state index in [0.717, 1.165) is 11.4 Å². The lowest BCUT2D eigenvalue weighted by atomic mass is 10.2. The van der Waals surface area contributed by atoms with Gasteiger partial charge in [-0.1, -0.05) is 0 Å². The van der Waals surface area contributed by atoms with Gasteiger partial charge in [0.2, 0.25) is 5.91 Å². The summed E-state index contributed by atoms with van der Waals surface area (Å²) in [5.74, 6) is 0.693. The minimum absolute atomic E-state index is 0. The Labute approximate surface area is 121 Å². The fourth-order valence-electron chi connectivity index (χ4n) is 1.15. The van der Waals surface area contributed by atoms with Gasteiger partial charge < -0.3 is 15.8 Å². The largest absolute Gasteiger partial charge is 0.378 e. The van der Waals surface area contributed by atoms with E-state index in [9.17, 15) is 4.79 Å². The fraction of sp³-hybridized carbons (Fsp3) is 0.600. The summed E-state index contributed by atoms with van der Waals surface area (Å²) in [7, 11) is 1.61. The second kappa shape index (κ2) is 9.57. The van der Waals surface area contributed by atoms with Gasteiger partial charge in [-0.25, -0.2) is 4.98 Å². The first-order valence-electron chi connectivity index (χ1n) is 5.16. The number of aromatic nitrogens is 1. The van der Waals surface area contributed by atoms with Crippen LogP contribution in [0.2, 0.25) is 0 Å². The Kier molecular flexibility index (Phi) is 9.39. The lowest BCUT2D eigenvalue weighted by Gasteiger charge is -2.09. The van der Waals surface area contributed by atoms with E-state index in [1.54, 1.807) is 18.9 Å². The first-order valence-corrected chi connectivity index (χ1v) is 7.43. The molecule has 104 valence electrons. The molecule has 0 unspecified atom stereocenters. The molecule has 0 aliphatic carbocycles. The lowest BCUT2D eigenvalue weighted by Crippen LogP contribution is -2.36. The monoisotopic (exact) mass is 311 g/mol. The van der Waals surface area contributed by atoms with Crippen molar-refractivity contribution in [3.05, 3.63) is 11.1 Å². The van der Waals surface area contributed by atoms with E-state index in [1.807, 2.05) is 11.6 Å². The topological polar surface area (TPSA) is 77.2 Å². The number of methoxy groups -OCH3 is 1. The SMILES string of the molecule is COCc1csc(NC(=O)[C@@H](N)CCSC)n1.Cl. The average molecular weight is 312 g/mol. The van der Waals surface area contributed by atoms with Crippen molar-refractivity contribution in [2.24, 2.45) is 5.73 Å². The highest BCUT2D eigenvalue weighted by Gasteiger charge is 2.14. The van der Waals surface area contributed by atoms with Crippen LogP contribution in [0.1, 0.15) is 12.1 Å². The Balaban J connectivity index is 0.00000289. The van der Waals surface area contributed by atoms with Gasteiger partial charge in [-0.15, -0.1) is 23.7 Å². The van der Waals surface area contributed by atoms with Gasteiger partial charge >= 0.3 is 0 Å². The van der Waals surface area contributed by atoms with Gasteiger partial charge in [0.15, 0.2) is 5.13 Å². The van der Waals surface area contributed by atoms with Crippen molar-refractivity contribution in [2.45, 2.75) is 19.1 Å². The molecule has 8 heteroatoms. The number of thiazole rings is 1. The number of rotatable bonds is 7. The molecule has 1 atom stereocenters. The van der Waals surface area contributed by atoms with Crippen LogP contribution in [0.3, 0.4) is 0 Å². The van der Waals surface area contributed by atoms with E-state index in [4.69, 9.17) is 10.5 Å². The van der Waals surface area contributed by atoms with E-state index in [0.29, 0.717) is 18.2 Å². The number of nitrogens with one attached hydrogen (secondary N) is 1. The summed E-state index contributed by atoms with van der Waals surface area (Å²) >= 11 is 3.05. The maximum absolute atomic E-state index is 11.7. The molecule has 1 amide bonds. The van der Waals surface area contributed by atoms with Gasteiger partial charge in [-0.05, 0) is 18.4 Å². The quantitative estimate of drug-likeness (QED) is 0.802. The smallest absolute Gasteiger partial charge is 0.243 e. The highest BCUT2D eigenvalue weighted by molar-refractivity contribution is 7.98. The van der Waals surface area contributed by atoms with Crippen LogP contribution in [-0.4, -0.2) is 36.1 Å². The number of halogens is 1. The summed E-state index contributed by atoms with van der Waals surface area (Å²) in [4.78, 5) is 15.9. The third-order valence-electron chi connectivity index (χ3n) is 2.04. The molecule has 1 aromatic rings. The van der Waals surface area contributed by atoms with Crippen LogP contribution in [0.25, 0.3) is 0 Å². The van der Waals surface area contributed by atoms with E-state index in [2.05, 4.69) is 10.3 Å². The molecule has 5 nitrogen and oxygen atoms in total. The number of nitrogens with two attached hydrogens (primary N) is 1. The van der Waals surface area contributed by atoms with Gasteiger partial charge in [-0.3, -0.25) is 4.79 Å². The van der Waals surface area contributed by atoms with Gasteiger partial charge in [0.25, 0.3) is 0 Å². The normalized spacial score (nSPS) is 11.7. The molecule has 0 saturated carbocycles. The minimum Gasteiger partial charge on any atom is -0.378 e. The molecular weight excluding hydrogens is 294 g/mol. The highest BCUT2D eigenvalue weighted by atomic mass is 35.5. The van der Waals surface area contributed by atoms with Crippen LogP contribution < -0.4 is 11.1 Å². The molecule has 0 aromatic carbocycles. The fourth-order valence-corrected chi connectivity index (χ4v) is 2.34. The van der Waals surface area contributed by atoms with Crippen LogP contribution in [0.15, 0.2) is 5.38 Å². The lowest BCUT2D eigenvalue weighted by molar-refractivity contribution is -0.117. The molecule has 18 heavy (non-hydrogen) atoms. The van der Waals surface area contributed by atoms with Gasteiger partial charge in [0.1, 0.15) is 0 Å². The predicted octanol–water partition coefficient (Wildman–Crippen LogP) is 1.73. The summed E-state index contributed by atoms with van der Waals surface area (Å²) in [5.41, 5.74) is 6.55. The Morgan fingerprint density at radius 3 is 3.06 bits per heavy atom. The summed E-state index contributed by atoms with van der Waals surface area (Å²) in [6, 6.07) is -0.475. The summed E-state index contributed by atoms with van der Waals surface area (Å²) in [6.45, 7) is 0.449. The molecule has 0 aliphatic heterocycles. The molecule has 1 aromatic heterocycles. The van der Waals surface area contributed by atoms with Gasteiger partial charge in [0.05, 0.1) is 18.3 Å². The number of thioether (sulfide) groups is 1. The molecule has 0 bridgehead atoms. The Hall–Kier alpha value is -0.340. The zero-order chi connectivity index (χ0) is 12.7. The van der Waals surface area contributed by atoms with E-state index in [-0.39, 0.29) is 18.3 Å². The highest BCUT2D eigenvalue weighted by Crippen LogP contribution is 2.16. The minimum atomic E-state index is -0.475. The molecule has 0 aliphatic rings. The molecule has 0 fully saturated rings. The molecule has 3 N–H and O–H groups in total. The van der Waals surface area contributed by atoms with Crippen LogP contribution >= 0.6 is 35.5 Å². The number of carbonyl (C=O) groups is 1. The maximum Gasteiger partial charge on any atom is 0.243 e. The zero-order valence-electron chi connectivity index (χ0n) is 10.3. The summed E-state index contributed by atoms with van der Waals surface area (Å²) in [5, 5.41) is 5.13. The second-order valence-corrected chi connectivity index (χ2v) is 5.30. The summed E-state index contributed by atoms with van der Waals surface area (Å²) < 4.78 is 4.95. The first-order chi connectivity index (χ1) is 8.17. The van der Waals surface area contributed by atoms with Gasteiger partial charge in [-0.2, -0.15) is 11.8 Å². The number of carbonyl (C=O) groups excluding carboxylic acids is 1. The number of hydrogen-bond donors (Lipinski definition) is 2. The maximum atomic E-state index is 11.7. The molecule has 0 radical (unpaired) electrons. The Morgan fingerprint density at radius 1 is 1.72 bits per heavy atom. The van der Waals surface area contributed by atoms with Crippen molar-refractivity contribution in [1.29, 1.82) is 0 Å². The zero-order valence-corrected chi connectivity index (χ0v) is 12.8. The Morgan fingerprint density at radius 2 is 2.44 bits per heavy atom. The molecule has 0 spiro atoms. The number of amides is 1. The van der Waals surface area contributed by atoms with E-state index in [1.165, 1.54) is 11.3 Å². The molecule has 1 heterocycles. The number of nitrogens with zero attached hydrogens (tertiary/aromatic N) is 1. The Bertz CT molecular complexity index is 363. The summed E-state index contributed by atoms with van der Waals surface area (Å²) in [6.07, 6.45) is 2.66. The molecular formula is C10H18ClN3O2S2. The van der Waals surface area contributed by atoms with Crippen LogP contribution in [0, 0.1) is 0 Å². The van der Waals surface area contributed by atoms with Crippen molar-refractivity contribution in [2.75, 3.05) is 24.4 Å². The second-order valence-electron chi connectivity index (χ2n) is 3.45. The average Bonchev–Trinajstić information content (AvgIpc) is 2.74. The standard InChI is InChI=1S/C10H17N3O2S2.ClH/c1-15-5-7-6-17-10(12-7)13-9(14)8(11)3-4-16-2;/h6,8H,3-5,11H2,1-2H3,(H,12,13,14);1H/t8-;/m0./s1. The van der Waals surface area contributed by atoms with E-state index < -0.39 is 6.04 Å². The van der Waals surface area contributed by atoms with Crippen molar-refractivity contribution in [1.82, 2.24) is 4.98 Å². The third-order valence-corrected chi connectivity index (χ3v) is 3.49. The molecule has 0 saturated heterocycles. The van der Waals surface area contributed by atoms with Crippen LogP contribution in [0.5, 0.6) is 0 Å². The third kappa shape index (κ3) is 6.01.